The highest BCUT2D eigenvalue weighted by atomic mass is 16.6. The summed E-state index contributed by atoms with van der Waals surface area (Å²) in [6, 6.07) is 9.57. The number of methoxy groups -OCH3 is 1. The van der Waals surface area contributed by atoms with Crippen molar-refractivity contribution in [2.45, 2.75) is 13.8 Å². The van der Waals surface area contributed by atoms with Crippen LogP contribution in [0.3, 0.4) is 0 Å². The summed E-state index contributed by atoms with van der Waals surface area (Å²) in [7, 11) is 1.56. The number of hydrogen-bond acceptors (Lipinski definition) is 6. The second-order valence-corrected chi connectivity index (χ2v) is 6.06. The molecule has 3 rings (SSSR count). The molecule has 2 aromatic carbocycles. The molecule has 0 fully saturated rings. The first-order valence-electron chi connectivity index (χ1n) is 8.88. The van der Waals surface area contributed by atoms with E-state index < -0.39 is 6.09 Å². The lowest BCUT2D eigenvalue weighted by Gasteiger charge is -2.18. The molecular formula is C21H21NO6. The van der Waals surface area contributed by atoms with E-state index in [1.807, 2.05) is 13.8 Å². The minimum Gasteiger partial charge on any atom is -0.507 e. The molecule has 0 spiro atoms. The number of phenols is 1. The number of carbonyl (C=O) groups excluding carboxylic acids is 1. The smallest absolute Gasteiger partial charge is 0.415 e. The summed E-state index contributed by atoms with van der Waals surface area (Å²) >= 11 is 0. The van der Waals surface area contributed by atoms with Gasteiger partial charge in [-0.15, -0.1) is 0 Å². The number of amides is 1. The van der Waals surface area contributed by atoms with E-state index in [-0.39, 0.29) is 27.9 Å². The lowest BCUT2D eigenvalue weighted by Crippen LogP contribution is -2.33. The van der Waals surface area contributed by atoms with Crippen molar-refractivity contribution in [1.82, 2.24) is 4.90 Å². The predicted octanol–water partition coefficient (Wildman–Crippen LogP) is 4.01. The Kier molecular flexibility index (Phi) is 5.54. The molecule has 0 aliphatic rings. The van der Waals surface area contributed by atoms with Crippen molar-refractivity contribution < 1.29 is 23.8 Å². The molecule has 1 N–H and O–H groups in total. The molecule has 0 saturated heterocycles. The second kappa shape index (κ2) is 8.04. The number of nitrogens with zero attached hydrogens (tertiary/aromatic N) is 1. The second-order valence-electron chi connectivity index (χ2n) is 6.06. The fraction of sp³-hybridized carbons (Fsp3) is 0.238. The van der Waals surface area contributed by atoms with Crippen molar-refractivity contribution in [3.8, 4) is 28.4 Å². The molecule has 1 aromatic heterocycles. The van der Waals surface area contributed by atoms with Crippen molar-refractivity contribution in [1.29, 1.82) is 0 Å². The number of fused-ring (bicyclic) bond motifs is 1. The van der Waals surface area contributed by atoms with E-state index in [9.17, 15) is 14.7 Å². The number of phenolic OH excluding ortho intramolecular Hbond substituents is 1. The Morgan fingerprint density at radius 2 is 1.79 bits per heavy atom. The molecule has 0 aliphatic carbocycles. The van der Waals surface area contributed by atoms with Gasteiger partial charge < -0.3 is 23.9 Å². The van der Waals surface area contributed by atoms with Gasteiger partial charge in [-0.2, -0.15) is 0 Å². The molecule has 146 valence electrons. The normalized spacial score (nSPS) is 10.7. The maximum absolute atomic E-state index is 12.9. The molecule has 7 nitrogen and oxygen atoms in total. The van der Waals surface area contributed by atoms with Crippen LogP contribution in [0.1, 0.15) is 13.8 Å². The quantitative estimate of drug-likeness (QED) is 0.716. The predicted molar refractivity (Wildman–Crippen MR) is 105 cm³/mol. The van der Waals surface area contributed by atoms with Crippen LogP contribution < -0.4 is 14.9 Å². The van der Waals surface area contributed by atoms with Crippen LogP contribution in [0.2, 0.25) is 0 Å². The highest BCUT2D eigenvalue weighted by Gasteiger charge is 2.17. The van der Waals surface area contributed by atoms with E-state index >= 15 is 0 Å². The van der Waals surface area contributed by atoms with Gasteiger partial charge >= 0.3 is 6.09 Å². The highest BCUT2D eigenvalue weighted by Crippen LogP contribution is 2.31. The lowest BCUT2D eigenvalue weighted by atomic mass is 10.0. The zero-order valence-corrected chi connectivity index (χ0v) is 15.9. The summed E-state index contributed by atoms with van der Waals surface area (Å²) in [5.41, 5.74) is 0.682. The SMILES string of the molecule is CCN(CC)C(=O)Oc1cc(O)c2c(=O)c(-c3ccc(OC)cc3)coc2c1. The number of hydrogen-bond donors (Lipinski definition) is 1. The fourth-order valence-corrected chi connectivity index (χ4v) is 2.88. The van der Waals surface area contributed by atoms with Crippen LogP contribution in [0.4, 0.5) is 4.79 Å². The van der Waals surface area contributed by atoms with E-state index in [1.165, 1.54) is 23.3 Å². The summed E-state index contributed by atoms with van der Waals surface area (Å²) < 4.78 is 15.9. The molecule has 0 saturated carbocycles. The molecule has 0 radical (unpaired) electrons. The minimum atomic E-state index is -0.541. The number of ether oxygens (including phenoxy) is 2. The van der Waals surface area contributed by atoms with E-state index in [0.717, 1.165) is 0 Å². The Bertz CT molecular complexity index is 1050. The Labute approximate surface area is 161 Å². The Morgan fingerprint density at radius 1 is 1.11 bits per heavy atom. The van der Waals surface area contributed by atoms with E-state index in [1.54, 1.807) is 31.4 Å². The molecule has 3 aromatic rings. The number of aromatic hydroxyl groups is 1. The first kappa shape index (κ1) is 19.3. The van der Waals surface area contributed by atoms with E-state index in [2.05, 4.69) is 0 Å². The van der Waals surface area contributed by atoms with Gasteiger partial charge in [0.2, 0.25) is 5.43 Å². The summed E-state index contributed by atoms with van der Waals surface area (Å²) in [6.07, 6.45) is 0.781. The largest absolute Gasteiger partial charge is 0.507 e. The minimum absolute atomic E-state index is 0.0240. The van der Waals surface area contributed by atoms with Crippen molar-refractivity contribution in [2.75, 3.05) is 20.2 Å². The average Bonchev–Trinajstić information content (AvgIpc) is 2.69. The van der Waals surface area contributed by atoms with Crippen molar-refractivity contribution in [3.05, 3.63) is 52.9 Å². The maximum atomic E-state index is 12.9. The van der Waals surface area contributed by atoms with Crippen LogP contribution in [0.15, 0.2) is 51.9 Å². The number of benzene rings is 2. The number of carbonyl (C=O) groups is 1. The lowest BCUT2D eigenvalue weighted by molar-refractivity contribution is 0.157. The van der Waals surface area contributed by atoms with Crippen LogP contribution in [-0.4, -0.2) is 36.3 Å². The molecule has 0 atom stereocenters. The monoisotopic (exact) mass is 383 g/mol. The number of rotatable bonds is 5. The molecule has 0 bridgehead atoms. The zero-order chi connectivity index (χ0) is 20.3. The fourth-order valence-electron chi connectivity index (χ4n) is 2.88. The van der Waals surface area contributed by atoms with Crippen molar-refractivity contribution >= 4 is 17.1 Å². The highest BCUT2D eigenvalue weighted by molar-refractivity contribution is 5.88. The van der Waals surface area contributed by atoms with Crippen molar-refractivity contribution in [2.24, 2.45) is 0 Å². The van der Waals surface area contributed by atoms with E-state index in [4.69, 9.17) is 13.9 Å². The van der Waals surface area contributed by atoms with Gasteiger partial charge in [0.25, 0.3) is 0 Å². The topological polar surface area (TPSA) is 89.2 Å². The Morgan fingerprint density at radius 3 is 2.39 bits per heavy atom. The van der Waals surface area contributed by atoms with Gasteiger partial charge in [-0.25, -0.2) is 4.79 Å². The summed E-state index contributed by atoms with van der Waals surface area (Å²) in [5, 5.41) is 10.4. The van der Waals surface area contributed by atoms with Gasteiger partial charge in [-0.3, -0.25) is 4.79 Å². The standard InChI is InChI=1S/C21H21NO6/c1-4-22(5-2)21(25)28-15-10-17(23)19-18(11-15)27-12-16(20(19)24)13-6-8-14(26-3)9-7-13/h6-12,23H,4-5H2,1-3H3. The van der Waals surface area contributed by atoms with E-state index in [0.29, 0.717) is 30.0 Å². The summed E-state index contributed by atoms with van der Waals surface area (Å²) in [5.74, 6) is 0.447. The Hall–Kier alpha value is -3.48. The molecular weight excluding hydrogens is 362 g/mol. The van der Waals surface area contributed by atoms with Gasteiger partial charge in [0.15, 0.2) is 0 Å². The van der Waals surface area contributed by atoms with Crippen LogP contribution in [0, 0.1) is 0 Å². The van der Waals surface area contributed by atoms with Gasteiger partial charge in [0.05, 0.1) is 12.7 Å². The molecule has 0 aliphatic heterocycles. The molecule has 1 amide bonds. The summed E-state index contributed by atoms with van der Waals surface area (Å²) in [4.78, 5) is 26.5. The molecule has 7 heteroatoms. The van der Waals surface area contributed by atoms with Crippen LogP contribution in [-0.2, 0) is 0 Å². The average molecular weight is 383 g/mol. The molecule has 0 unspecified atom stereocenters. The first-order chi connectivity index (χ1) is 13.5. The van der Waals surface area contributed by atoms with Crippen LogP contribution in [0.25, 0.3) is 22.1 Å². The van der Waals surface area contributed by atoms with Gasteiger partial charge in [-0.05, 0) is 31.5 Å². The van der Waals surface area contributed by atoms with Gasteiger partial charge in [0.1, 0.15) is 34.5 Å². The zero-order valence-electron chi connectivity index (χ0n) is 15.9. The van der Waals surface area contributed by atoms with Gasteiger partial charge in [-0.1, -0.05) is 12.1 Å². The summed E-state index contributed by atoms with van der Waals surface area (Å²) in [6.45, 7) is 4.66. The first-order valence-corrected chi connectivity index (χ1v) is 8.88. The van der Waals surface area contributed by atoms with Crippen LogP contribution >= 0.6 is 0 Å². The third-order valence-electron chi connectivity index (χ3n) is 4.46. The van der Waals surface area contributed by atoms with Crippen molar-refractivity contribution in [3.63, 3.8) is 0 Å². The maximum Gasteiger partial charge on any atom is 0.415 e. The Balaban J connectivity index is 2.01. The molecule has 1 heterocycles. The van der Waals surface area contributed by atoms with Crippen LogP contribution in [0.5, 0.6) is 17.2 Å². The third-order valence-corrected chi connectivity index (χ3v) is 4.46. The van der Waals surface area contributed by atoms with Gasteiger partial charge in [0, 0.05) is 25.2 Å². The third kappa shape index (κ3) is 3.64. The molecule has 28 heavy (non-hydrogen) atoms.